The van der Waals surface area contributed by atoms with Crippen molar-refractivity contribution in [3.63, 3.8) is 0 Å². The number of aryl methyl sites for hydroxylation is 2. The summed E-state index contributed by atoms with van der Waals surface area (Å²) in [4.78, 5) is 11.8. The summed E-state index contributed by atoms with van der Waals surface area (Å²) in [5.41, 5.74) is 3.37. The Bertz CT molecular complexity index is 701. The lowest BCUT2D eigenvalue weighted by molar-refractivity contribution is 0.236. The van der Waals surface area contributed by atoms with Gasteiger partial charge in [-0.1, -0.05) is 24.3 Å². The van der Waals surface area contributed by atoms with Crippen molar-refractivity contribution < 1.29 is 14.3 Å². The summed E-state index contributed by atoms with van der Waals surface area (Å²) in [5, 5.41) is 5.64. The maximum absolute atomic E-state index is 11.8. The standard InChI is InChI=1S/C20H26N2O3/c1-15-7-8-16(2)19(13-15)25-12-11-22-20(23)21-10-9-17-5-4-6-18(14-17)24-3/h4-8,13-14H,9-12H2,1-3H3,(H2,21,22,23). The third kappa shape index (κ3) is 6.37. The molecule has 0 atom stereocenters. The lowest BCUT2D eigenvalue weighted by Crippen LogP contribution is -2.38. The molecule has 2 N–H and O–H groups in total. The monoisotopic (exact) mass is 342 g/mol. The SMILES string of the molecule is COc1cccc(CCNC(=O)NCCOc2cc(C)ccc2C)c1. The molecule has 0 unspecified atom stereocenters. The van der Waals surface area contributed by atoms with Crippen LogP contribution in [0, 0.1) is 13.8 Å². The van der Waals surface area contributed by atoms with Crippen LogP contribution in [0.4, 0.5) is 4.79 Å². The average molecular weight is 342 g/mol. The van der Waals surface area contributed by atoms with Gasteiger partial charge in [0.05, 0.1) is 13.7 Å². The molecule has 0 aliphatic heterocycles. The van der Waals surface area contributed by atoms with Crippen molar-refractivity contribution in [1.29, 1.82) is 0 Å². The van der Waals surface area contributed by atoms with Crippen LogP contribution in [-0.4, -0.2) is 32.8 Å². The van der Waals surface area contributed by atoms with Gasteiger partial charge in [0.1, 0.15) is 18.1 Å². The number of carbonyl (C=O) groups excluding carboxylic acids is 1. The summed E-state index contributed by atoms with van der Waals surface area (Å²) in [7, 11) is 1.64. The first-order chi connectivity index (χ1) is 12.1. The van der Waals surface area contributed by atoms with Gasteiger partial charge < -0.3 is 20.1 Å². The van der Waals surface area contributed by atoms with Crippen molar-refractivity contribution in [3.8, 4) is 11.5 Å². The number of rotatable bonds is 8. The van der Waals surface area contributed by atoms with E-state index < -0.39 is 0 Å². The summed E-state index contributed by atoms with van der Waals surface area (Å²) in [6.07, 6.45) is 0.754. The molecule has 134 valence electrons. The van der Waals surface area contributed by atoms with Gasteiger partial charge in [0.2, 0.25) is 0 Å². The minimum Gasteiger partial charge on any atom is -0.497 e. The van der Waals surface area contributed by atoms with Crippen LogP contribution >= 0.6 is 0 Å². The number of hydrogen-bond acceptors (Lipinski definition) is 3. The minimum atomic E-state index is -0.188. The van der Waals surface area contributed by atoms with Gasteiger partial charge in [-0.15, -0.1) is 0 Å². The van der Waals surface area contributed by atoms with Crippen LogP contribution in [0.2, 0.25) is 0 Å². The largest absolute Gasteiger partial charge is 0.497 e. The van der Waals surface area contributed by atoms with Crippen molar-refractivity contribution in [1.82, 2.24) is 10.6 Å². The van der Waals surface area contributed by atoms with E-state index in [1.54, 1.807) is 7.11 Å². The fraction of sp³-hybridized carbons (Fsp3) is 0.350. The van der Waals surface area contributed by atoms with Crippen LogP contribution in [0.25, 0.3) is 0 Å². The molecule has 0 spiro atoms. The molecule has 0 aliphatic rings. The second-order valence-electron chi connectivity index (χ2n) is 5.90. The van der Waals surface area contributed by atoms with Gasteiger partial charge in [-0.05, 0) is 55.2 Å². The molecule has 0 saturated heterocycles. The van der Waals surface area contributed by atoms with Crippen LogP contribution in [0.5, 0.6) is 11.5 Å². The van der Waals surface area contributed by atoms with E-state index in [9.17, 15) is 4.79 Å². The van der Waals surface area contributed by atoms with Crippen LogP contribution < -0.4 is 20.1 Å². The van der Waals surface area contributed by atoms with Crippen LogP contribution in [0.1, 0.15) is 16.7 Å². The first-order valence-corrected chi connectivity index (χ1v) is 8.43. The Balaban J connectivity index is 1.63. The Morgan fingerprint density at radius 2 is 1.84 bits per heavy atom. The lowest BCUT2D eigenvalue weighted by atomic mass is 10.1. The molecule has 2 aromatic carbocycles. The molecular formula is C20H26N2O3. The van der Waals surface area contributed by atoms with Gasteiger partial charge in [-0.3, -0.25) is 0 Å². The predicted molar refractivity (Wildman–Crippen MR) is 99.5 cm³/mol. The molecular weight excluding hydrogens is 316 g/mol. The van der Waals surface area contributed by atoms with E-state index in [1.165, 1.54) is 0 Å². The second kappa shape index (κ2) is 9.57. The number of ether oxygens (including phenoxy) is 2. The Labute approximate surface area is 149 Å². The van der Waals surface area contributed by atoms with Crippen molar-refractivity contribution in [3.05, 3.63) is 59.2 Å². The number of carbonyl (C=O) groups is 1. The fourth-order valence-electron chi connectivity index (χ4n) is 2.40. The molecule has 0 saturated carbocycles. The molecule has 2 rings (SSSR count). The van der Waals surface area contributed by atoms with Gasteiger partial charge in [0, 0.05) is 6.54 Å². The Morgan fingerprint density at radius 3 is 2.64 bits per heavy atom. The topological polar surface area (TPSA) is 59.6 Å². The number of nitrogens with one attached hydrogen (secondary N) is 2. The molecule has 2 aromatic rings. The summed E-state index contributed by atoms with van der Waals surface area (Å²) in [5.74, 6) is 1.69. The number of amides is 2. The highest BCUT2D eigenvalue weighted by Crippen LogP contribution is 2.18. The van der Waals surface area contributed by atoms with Gasteiger partial charge >= 0.3 is 6.03 Å². The Kier molecular flexibility index (Phi) is 7.14. The highest BCUT2D eigenvalue weighted by molar-refractivity contribution is 5.73. The maximum atomic E-state index is 11.8. The van der Waals surface area contributed by atoms with E-state index in [-0.39, 0.29) is 6.03 Å². The van der Waals surface area contributed by atoms with Gasteiger partial charge in [0.25, 0.3) is 0 Å². The average Bonchev–Trinajstić information content (AvgIpc) is 2.61. The zero-order chi connectivity index (χ0) is 18.1. The quantitative estimate of drug-likeness (QED) is 0.724. The Morgan fingerprint density at radius 1 is 1.04 bits per heavy atom. The molecule has 0 aromatic heterocycles. The second-order valence-corrected chi connectivity index (χ2v) is 5.90. The summed E-state index contributed by atoms with van der Waals surface area (Å²) < 4.78 is 10.9. The number of methoxy groups -OCH3 is 1. The molecule has 5 nitrogen and oxygen atoms in total. The van der Waals surface area contributed by atoms with E-state index in [0.29, 0.717) is 19.7 Å². The first kappa shape index (κ1) is 18.6. The third-order valence-corrected chi connectivity index (χ3v) is 3.82. The molecule has 0 fully saturated rings. The van der Waals surface area contributed by atoms with Crippen LogP contribution in [0.15, 0.2) is 42.5 Å². The fourth-order valence-corrected chi connectivity index (χ4v) is 2.40. The molecule has 0 radical (unpaired) electrons. The normalized spacial score (nSPS) is 10.2. The van der Waals surface area contributed by atoms with Gasteiger partial charge in [-0.2, -0.15) is 0 Å². The maximum Gasteiger partial charge on any atom is 0.314 e. The van der Waals surface area contributed by atoms with E-state index in [1.807, 2.05) is 50.2 Å². The third-order valence-electron chi connectivity index (χ3n) is 3.82. The molecule has 5 heteroatoms. The first-order valence-electron chi connectivity index (χ1n) is 8.43. The van der Waals surface area contributed by atoms with Gasteiger partial charge in [0.15, 0.2) is 0 Å². The minimum absolute atomic E-state index is 0.188. The number of hydrogen-bond donors (Lipinski definition) is 2. The molecule has 0 heterocycles. The van der Waals surface area contributed by atoms with Crippen LogP contribution in [-0.2, 0) is 6.42 Å². The van der Waals surface area contributed by atoms with Crippen molar-refractivity contribution >= 4 is 6.03 Å². The number of benzene rings is 2. The van der Waals surface area contributed by atoms with Crippen LogP contribution in [0.3, 0.4) is 0 Å². The van der Waals surface area contributed by atoms with E-state index in [2.05, 4.69) is 16.7 Å². The summed E-state index contributed by atoms with van der Waals surface area (Å²) in [6.45, 7) is 5.50. The zero-order valence-corrected chi connectivity index (χ0v) is 15.1. The zero-order valence-electron chi connectivity index (χ0n) is 15.1. The van der Waals surface area contributed by atoms with Crippen molar-refractivity contribution in [2.45, 2.75) is 20.3 Å². The Hall–Kier alpha value is -2.69. The van der Waals surface area contributed by atoms with Crippen molar-refractivity contribution in [2.24, 2.45) is 0 Å². The highest BCUT2D eigenvalue weighted by Gasteiger charge is 2.02. The summed E-state index contributed by atoms with van der Waals surface area (Å²) >= 11 is 0. The smallest absolute Gasteiger partial charge is 0.314 e. The molecule has 25 heavy (non-hydrogen) atoms. The predicted octanol–water partition coefficient (Wildman–Crippen LogP) is 3.23. The highest BCUT2D eigenvalue weighted by atomic mass is 16.5. The molecule has 0 aliphatic carbocycles. The van der Waals surface area contributed by atoms with E-state index in [0.717, 1.165) is 34.6 Å². The molecule has 0 bridgehead atoms. The van der Waals surface area contributed by atoms with E-state index >= 15 is 0 Å². The van der Waals surface area contributed by atoms with Crippen molar-refractivity contribution in [2.75, 3.05) is 26.8 Å². The van der Waals surface area contributed by atoms with E-state index in [4.69, 9.17) is 9.47 Å². The lowest BCUT2D eigenvalue weighted by Gasteiger charge is -2.11. The molecule has 2 amide bonds. The summed E-state index contributed by atoms with van der Waals surface area (Å²) in [6, 6.07) is 13.7. The van der Waals surface area contributed by atoms with Gasteiger partial charge in [-0.25, -0.2) is 4.79 Å². The number of urea groups is 1.